The summed E-state index contributed by atoms with van der Waals surface area (Å²) in [6, 6.07) is 13.4. The maximum atomic E-state index is 13.4. The number of nitrogens with zero attached hydrogens (tertiary/aromatic N) is 1. The minimum atomic E-state index is -0.217. The van der Waals surface area contributed by atoms with Crippen LogP contribution in [0.15, 0.2) is 46.9 Å². The Balaban J connectivity index is 2.21. The van der Waals surface area contributed by atoms with Gasteiger partial charge in [0.05, 0.1) is 4.47 Å². The van der Waals surface area contributed by atoms with Crippen molar-refractivity contribution in [3.05, 3.63) is 63.9 Å². The van der Waals surface area contributed by atoms with E-state index in [9.17, 15) is 4.39 Å². The molecular formula is C15H15BrFN. The Kier molecular flexibility index (Phi) is 4.02. The van der Waals surface area contributed by atoms with Crippen LogP contribution in [0.25, 0.3) is 0 Å². The quantitative estimate of drug-likeness (QED) is 0.805. The SMILES string of the molecule is Cc1cccc(N(C)Cc2cccc(F)c2Br)c1. The number of benzene rings is 2. The van der Waals surface area contributed by atoms with Crippen LogP contribution in [0.3, 0.4) is 0 Å². The first kappa shape index (κ1) is 13.1. The monoisotopic (exact) mass is 307 g/mol. The van der Waals surface area contributed by atoms with E-state index < -0.39 is 0 Å². The van der Waals surface area contributed by atoms with Gasteiger partial charge in [-0.1, -0.05) is 24.3 Å². The summed E-state index contributed by atoms with van der Waals surface area (Å²) in [4.78, 5) is 2.10. The molecule has 0 aliphatic rings. The highest BCUT2D eigenvalue weighted by molar-refractivity contribution is 9.10. The van der Waals surface area contributed by atoms with Crippen molar-refractivity contribution in [1.82, 2.24) is 0 Å². The summed E-state index contributed by atoms with van der Waals surface area (Å²) in [6.07, 6.45) is 0. The van der Waals surface area contributed by atoms with E-state index in [0.29, 0.717) is 11.0 Å². The van der Waals surface area contributed by atoms with Gasteiger partial charge < -0.3 is 4.90 Å². The van der Waals surface area contributed by atoms with Crippen molar-refractivity contribution in [3.8, 4) is 0 Å². The van der Waals surface area contributed by atoms with Crippen molar-refractivity contribution >= 4 is 21.6 Å². The van der Waals surface area contributed by atoms with Crippen LogP contribution in [-0.4, -0.2) is 7.05 Å². The first-order valence-corrected chi connectivity index (χ1v) is 6.58. The van der Waals surface area contributed by atoms with Gasteiger partial charge in [-0.25, -0.2) is 4.39 Å². The second-order valence-corrected chi connectivity index (χ2v) is 5.20. The largest absolute Gasteiger partial charge is 0.370 e. The van der Waals surface area contributed by atoms with E-state index in [1.54, 1.807) is 6.07 Å². The standard InChI is InChI=1S/C15H15BrFN/c1-11-5-3-7-13(9-11)18(2)10-12-6-4-8-14(17)15(12)16/h3-9H,10H2,1-2H3. The van der Waals surface area contributed by atoms with Crippen molar-refractivity contribution in [2.45, 2.75) is 13.5 Å². The second-order valence-electron chi connectivity index (χ2n) is 4.41. The van der Waals surface area contributed by atoms with Gasteiger partial charge in [-0.3, -0.25) is 0 Å². The molecule has 3 heteroatoms. The fraction of sp³-hybridized carbons (Fsp3) is 0.200. The van der Waals surface area contributed by atoms with E-state index in [1.807, 2.05) is 19.2 Å². The zero-order chi connectivity index (χ0) is 13.1. The Morgan fingerprint density at radius 3 is 2.61 bits per heavy atom. The number of aryl methyl sites for hydroxylation is 1. The lowest BCUT2D eigenvalue weighted by Crippen LogP contribution is -2.16. The molecule has 2 aromatic carbocycles. The number of halogens is 2. The average molecular weight is 308 g/mol. The number of rotatable bonds is 3. The first-order chi connectivity index (χ1) is 8.58. The summed E-state index contributed by atoms with van der Waals surface area (Å²) in [6.45, 7) is 2.73. The molecule has 0 atom stereocenters. The molecule has 0 aliphatic carbocycles. The Bertz CT molecular complexity index is 554. The molecule has 0 heterocycles. The van der Waals surface area contributed by atoms with Crippen LogP contribution in [0.2, 0.25) is 0 Å². The molecule has 2 aromatic rings. The van der Waals surface area contributed by atoms with Gasteiger partial charge in [-0.15, -0.1) is 0 Å². The minimum Gasteiger partial charge on any atom is -0.370 e. The summed E-state index contributed by atoms with van der Waals surface area (Å²) in [5.41, 5.74) is 3.29. The van der Waals surface area contributed by atoms with Gasteiger partial charge in [0.15, 0.2) is 0 Å². The van der Waals surface area contributed by atoms with Gasteiger partial charge in [0, 0.05) is 19.3 Å². The lowest BCUT2D eigenvalue weighted by atomic mass is 10.1. The molecular weight excluding hydrogens is 293 g/mol. The first-order valence-electron chi connectivity index (χ1n) is 5.78. The van der Waals surface area contributed by atoms with Crippen LogP contribution in [0.5, 0.6) is 0 Å². The Morgan fingerprint density at radius 1 is 1.17 bits per heavy atom. The van der Waals surface area contributed by atoms with Crippen LogP contribution in [0.1, 0.15) is 11.1 Å². The van der Waals surface area contributed by atoms with Crippen LogP contribution >= 0.6 is 15.9 Å². The van der Waals surface area contributed by atoms with Crippen LogP contribution in [0.4, 0.5) is 10.1 Å². The van der Waals surface area contributed by atoms with Gasteiger partial charge in [0.25, 0.3) is 0 Å². The molecule has 0 N–H and O–H groups in total. The molecule has 0 radical (unpaired) electrons. The highest BCUT2D eigenvalue weighted by atomic mass is 79.9. The molecule has 0 fully saturated rings. The van der Waals surface area contributed by atoms with Gasteiger partial charge in [-0.05, 0) is 52.2 Å². The summed E-state index contributed by atoms with van der Waals surface area (Å²) >= 11 is 3.29. The summed E-state index contributed by atoms with van der Waals surface area (Å²) in [7, 11) is 2.01. The summed E-state index contributed by atoms with van der Waals surface area (Å²) < 4.78 is 14.0. The molecule has 0 amide bonds. The lowest BCUT2D eigenvalue weighted by molar-refractivity contribution is 0.617. The molecule has 0 saturated heterocycles. The minimum absolute atomic E-state index is 0.217. The maximum Gasteiger partial charge on any atom is 0.137 e. The number of anilines is 1. The average Bonchev–Trinajstić information content (AvgIpc) is 2.35. The van der Waals surface area contributed by atoms with E-state index in [-0.39, 0.29) is 5.82 Å². The molecule has 94 valence electrons. The summed E-state index contributed by atoms with van der Waals surface area (Å²) in [5.74, 6) is -0.217. The highest BCUT2D eigenvalue weighted by Crippen LogP contribution is 2.24. The molecule has 0 aliphatic heterocycles. The fourth-order valence-electron chi connectivity index (χ4n) is 1.88. The molecule has 0 spiro atoms. The Hall–Kier alpha value is -1.35. The smallest absolute Gasteiger partial charge is 0.137 e. The van der Waals surface area contributed by atoms with Gasteiger partial charge in [0.1, 0.15) is 5.82 Å². The Labute approximate surface area is 115 Å². The molecule has 2 rings (SSSR count). The number of hydrogen-bond acceptors (Lipinski definition) is 1. The maximum absolute atomic E-state index is 13.4. The molecule has 0 bridgehead atoms. The Morgan fingerprint density at radius 2 is 1.89 bits per heavy atom. The second kappa shape index (κ2) is 5.53. The molecule has 0 aromatic heterocycles. The van der Waals surface area contributed by atoms with Gasteiger partial charge in [0.2, 0.25) is 0 Å². The topological polar surface area (TPSA) is 3.24 Å². The van der Waals surface area contributed by atoms with Crippen LogP contribution in [-0.2, 0) is 6.54 Å². The molecule has 0 saturated carbocycles. The number of hydrogen-bond donors (Lipinski definition) is 0. The normalized spacial score (nSPS) is 10.4. The van der Waals surface area contributed by atoms with Crippen LogP contribution in [0, 0.1) is 12.7 Å². The predicted octanol–water partition coefficient (Wildman–Crippen LogP) is 4.53. The van der Waals surface area contributed by atoms with Crippen molar-refractivity contribution in [3.63, 3.8) is 0 Å². The fourth-order valence-corrected chi connectivity index (χ4v) is 2.27. The molecule has 18 heavy (non-hydrogen) atoms. The third-order valence-corrected chi connectivity index (χ3v) is 3.77. The van der Waals surface area contributed by atoms with E-state index in [4.69, 9.17) is 0 Å². The van der Waals surface area contributed by atoms with Gasteiger partial charge >= 0.3 is 0 Å². The van der Waals surface area contributed by atoms with Crippen molar-refractivity contribution < 1.29 is 4.39 Å². The van der Waals surface area contributed by atoms with E-state index >= 15 is 0 Å². The predicted molar refractivity (Wildman–Crippen MR) is 77.4 cm³/mol. The highest BCUT2D eigenvalue weighted by Gasteiger charge is 2.08. The molecule has 1 nitrogen and oxygen atoms in total. The summed E-state index contributed by atoms with van der Waals surface area (Å²) in [5, 5.41) is 0. The molecule has 0 unspecified atom stereocenters. The van der Waals surface area contributed by atoms with E-state index in [1.165, 1.54) is 11.6 Å². The van der Waals surface area contributed by atoms with Gasteiger partial charge in [-0.2, -0.15) is 0 Å². The zero-order valence-electron chi connectivity index (χ0n) is 10.5. The zero-order valence-corrected chi connectivity index (χ0v) is 12.0. The third kappa shape index (κ3) is 2.91. The lowest BCUT2D eigenvalue weighted by Gasteiger charge is -2.20. The third-order valence-electron chi connectivity index (χ3n) is 2.88. The van der Waals surface area contributed by atoms with Crippen LogP contribution < -0.4 is 4.90 Å². The van der Waals surface area contributed by atoms with Crippen molar-refractivity contribution in [2.75, 3.05) is 11.9 Å². The van der Waals surface area contributed by atoms with Crippen molar-refractivity contribution in [2.24, 2.45) is 0 Å². The van der Waals surface area contributed by atoms with E-state index in [2.05, 4.69) is 46.0 Å². The van der Waals surface area contributed by atoms with E-state index in [0.717, 1.165) is 11.3 Å². The van der Waals surface area contributed by atoms with Crippen molar-refractivity contribution in [1.29, 1.82) is 0 Å².